The molecule has 1 aromatic rings. The molecule has 0 saturated heterocycles. The molecule has 1 unspecified atom stereocenters. The second kappa shape index (κ2) is 7.43. The van der Waals surface area contributed by atoms with Gasteiger partial charge in [-0.2, -0.15) is 0 Å². The Morgan fingerprint density at radius 1 is 1.24 bits per heavy atom. The van der Waals surface area contributed by atoms with Gasteiger partial charge in [-0.3, -0.25) is 4.90 Å². The average molecular weight is 236 g/mol. The second-order valence-corrected chi connectivity index (χ2v) is 4.72. The van der Waals surface area contributed by atoms with E-state index in [1.807, 2.05) is 13.1 Å². The maximum atomic E-state index is 9.84. The number of aliphatic hydroxyl groups excluding tert-OH is 1. The van der Waals surface area contributed by atoms with Crippen molar-refractivity contribution in [3.05, 3.63) is 35.9 Å². The lowest BCUT2D eigenvalue weighted by atomic mass is 10.1. The second-order valence-electron chi connectivity index (χ2n) is 4.72. The molecule has 0 aliphatic heterocycles. The third-order valence-corrected chi connectivity index (χ3v) is 2.84. The van der Waals surface area contributed by atoms with Gasteiger partial charge in [0, 0.05) is 25.7 Å². The van der Waals surface area contributed by atoms with Gasteiger partial charge in [0.05, 0.1) is 6.10 Å². The van der Waals surface area contributed by atoms with Gasteiger partial charge in [-0.05, 0) is 26.5 Å². The van der Waals surface area contributed by atoms with E-state index in [4.69, 9.17) is 0 Å². The fourth-order valence-corrected chi connectivity index (χ4v) is 1.85. The normalized spacial score (nSPS) is 13.3. The van der Waals surface area contributed by atoms with Gasteiger partial charge in [0.1, 0.15) is 0 Å². The van der Waals surface area contributed by atoms with Crippen LogP contribution >= 0.6 is 0 Å². The lowest BCUT2D eigenvalue weighted by Gasteiger charge is -2.28. The molecule has 96 valence electrons. The topological polar surface area (TPSA) is 35.5 Å². The first-order chi connectivity index (χ1) is 8.13. The summed E-state index contributed by atoms with van der Waals surface area (Å²) < 4.78 is 0. The van der Waals surface area contributed by atoms with E-state index in [2.05, 4.69) is 48.3 Å². The minimum Gasteiger partial charge on any atom is -0.390 e. The standard InChI is InChI=1S/C14H24N2O/c1-12(2)16(11-14(17)9-15-3)10-13-7-5-4-6-8-13/h4-8,12,14-15,17H,9-11H2,1-3H3. The molecule has 0 aliphatic carbocycles. The van der Waals surface area contributed by atoms with E-state index in [9.17, 15) is 5.11 Å². The Hall–Kier alpha value is -0.900. The molecular weight excluding hydrogens is 212 g/mol. The predicted octanol–water partition coefficient (Wildman–Crippen LogP) is 1.48. The van der Waals surface area contributed by atoms with Gasteiger partial charge in [-0.25, -0.2) is 0 Å². The fourth-order valence-electron chi connectivity index (χ4n) is 1.85. The zero-order valence-corrected chi connectivity index (χ0v) is 11.1. The van der Waals surface area contributed by atoms with Crippen LogP contribution in [0.15, 0.2) is 30.3 Å². The third-order valence-electron chi connectivity index (χ3n) is 2.84. The van der Waals surface area contributed by atoms with Crippen LogP contribution < -0.4 is 5.32 Å². The van der Waals surface area contributed by atoms with Gasteiger partial charge in [0.25, 0.3) is 0 Å². The molecule has 0 spiro atoms. The van der Waals surface area contributed by atoms with E-state index in [0.29, 0.717) is 19.1 Å². The molecule has 17 heavy (non-hydrogen) atoms. The van der Waals surface area contributed by atoms with E-state index in [1.165, 1.54) is 5.56 Å². The Labute approximate surface area is 104 Å². The lowest BCUT2D eigenvalue weighted by Crippen LogP contribution is -2.40. The van der Waals surface area contributed by atoms with E-state index >= 15 is 0 Å². The summed E-state index contributed by atoms with van der Waals surface area (Å²) in [7, 11) is 1.86. The highest BCUT2D eigenvalue weighted by Gasteiger charge is 2.14. The summed E-state index contributed by atoms with van der Waals surface area (Å²) >= 11 is 0. The first-order valence-corrected chi connectivity index (χ1v) is 6.24. The molecule has 0 aromatic heterocycles. The van der Waals surface area contributed by atoms with Gasteiger partial charge < -0.3 is 10.4 Å². The van der Waals surface area contributed by atoms with Crippen LogP contribution in [0, 0.1) is 0 Å². The van der Waals surface area contributed by atoms with Crippen LogP contribution in [0.2, 0.25) is 0 Å². The van der Waals surface area contributed by atoms with E-state index in [-0.39, 0.29) is 6.10 Å². The van der Waals surface area contributed by atoms with Crippen molar-refractivity contribution >= 4 is 0 Å². The molecule has 0 aliphatic rings. The molecule has 0 fully saturated rings. The van der Waals surface area contributed by atoms with Crippen LogP contribution in [0.25, 0.3) is 0 Å². The van der Waals surface area contributed by atoms with Crippen LogP contribution in [-0.4, -0.2) is 42.3 Å². The Morgan fingerprint density at radius 3 is 2.41 bits per heavy atom. The number of hydrogen-bond donors (Lipinski definition) is 2. The van der Waals surface area contributed by atoms with Crippen molar-refractivity contribution in [2.45, 2.75) is 32.5 Å². The lowest BCUT2D eigenvalue weighted by molar-refractivity contribution is 0.0914. The van der Waals surface area contributed by atoms with Gasteiger partial charge in [0.2, 0.25) is 0 Å². The van der Waals surface area contributed by atoms with Crippen LogP contribution in [0.1, 0.15) is 19.4 Å². The van der Waals surface area contributed by atoms with E-state index in [0.717, 1.165) is 6.54 Å². The van der Waals surface area contributed by atoms with Crippen molar-refractivity contribution in [3.63, 3.8) is 0 Å². The quantitative estimate of drug-likeness (QED) is 0.752. The number of hydrogen-bond acceptors (Lipinski definition) is 3. The Balaban J connectivity index is 2.55. The van der Waals surface area contributed by atoms with Crippen molar-refractivity contribution in [2.75, 3.05) is 20.1 Å². The fraction of sp³-hybridized carbons (Fsp3) is 0.571. The molecule has 0 bridgehead atoms. The van der Waals surface area contributed by atoms with Crippen molar-refractivity contribution in [3.8, 4) is 0 Å². The average Bonchev–Trinajstić information content (AvgIpc) is 2.29. The summed E-state index contributed by atoms with van der Waals surface area (Å²) in [6.07, 6.45) is -0.314. The molecule has 0 heterocycles. The molecule has 3 nitrogen and oxygen atoms in total. The molecular formula is C14H24N2O. The van der Waals surface area contributed by atoms with Gasteiger partial charge in [-0.1, -0.05) is 30.3 Å². The van der Waals surface area contributed by atoms with E-state index in [1.54, 1.807) is 0 Å². The number of likely N-dealkylation sites (N-methyl/N-ethyl adjacent to an activating group) is 1. The van der Waals surface area contributed by atoms with Gasteiger partial charge >= 0.3 is 0 Å². The molecule has 3 heteroatoms. The molecule has 0 saturated carbocycles. The Kier molecular flexibility index (Phi) is 6.19. The monoisotopic (exact) mass is 236 g/mol. The smallest absolute Gasteiger partial charge is 0.0791 e. The summed E-state index contributed by atoms with van der Waals surface area (Å²) in [5.41, 5.74) is 1.29. The highest BCUT2D eigenvalue weighted by atomic mass is 16.3. The summed E-state index contributed by atoms with van der Waals surface area (Å²) in [4.78, 5) is 2.29. The van der Waals surface area contributed by atoms with E-state index < -0.39 is 0 Å². The van der Waals surface area contributed by atoms with Crippen molar-refractivity contribution in [2.24, 2.45) is 0 Å². The molecule has 1 atom stereocenters. The first kappa shape index (κ1) is 14.2. The number of nitrogens with zero attached hydrogens (tertiary/aromatic N) is 1. The molecule has 2 N–H and O–H groups in total. The summed E-state index contributed by atoms with van der Waals surface area (Å²) in [5.74, 6) is 0. The number of nitrogens with one attached hydrogen (secondary N) is 1. The zero-order valence-electron chi connectivity index (χ0n) is 11.1. The maximum absolute atomic E-state index is 9.84. The predicted molar refractivity (Wildman–Crippen MR) is 71.9 cm³/mol. The Morgan fingerprint density at radius 2 is 1.88 bits per heavy atom. The van der Waals surface area contributed by atoms with Gasteiger partial charge in [0.15, 0.2) is 0 Å². The number of rotatable bonds is 7. The highest BCUT2D eigenvalue weighted by molar-refractivity contribution is 5.14. The van der Waals surface area contributed by atoms with Crippen molar-refractivity contribution in [1.29, 1.82) is 0 Å². The first-order valence-electron chi connectivity index (χ1n) is 6.24. The largest absolute Gasteiger partial charge is 0.390 e. The van der Waals surface area contributed by atoms with Gasteiger partial charge in [-0.15, -0.1) is 0 Å². The van der Waals surface area contributed by atoms with Crippen molar-refractivity contribution < 1.29 is 5.11 Å². The molecule has 0 radical (unpaired) electrons. The molecule has 1 rings (SSSR count). The number of benzene rings is 1. The minimum absolute atomic E-state index is 0.314. The molecule has 0 amide bonds. The maximum Gasteiger partial charge on any atom is 0.0791 e. The number of aliphatic hydroxyl groups is 1. The minimum atomic E-state index is -0.314. The van der Waals surface area contributed by atoms with Crippen LogP contribution in [0.4, 0.5) is 0 Å². The van der Waals surface area contributed by atoms with Crippen LogP contribution in [-0.2, 0) is 6.54 Å². The summed E-state index contributed by atoms with van der Waals surface area (Å²) in [5, 5.41) is 12.8. The third kappa shape index (κ3) is 5.31. The highest BCUT2D eigenvalue weighted by Crippen LogP contribution is 2.08. The zero-order chi connectivity index (χ0) is 12.7. The molecule has 1 aromatic carbocycles. The van der Waals surface area contributed by atoms with Crippen molar-refractivity contribution in [1.82, 2.24) is 10.2 Å². The SMILES string of the molecule is CNCC(O)CN(Cc1ccccc1)C(C)C. The Bertz CT molecular complexity index is 300. The summed E-state index contributed by atoms with van der Waals surface area (Å²) in [6.45, 7) is 6.55. The van der Waals surface area contributed by atoms with Crippen LogP contribution in [0.5, 0.6) is 0 Å². The van der Waals surface area contributed by atoms with Crippen LogP contribution in [0.3, 0.4) is 0 Å². The summed E-state index contributed by atoms with van der Waals surface area (Å²) in [6, 6.07) is 10.8.